The number of halogens is 1. The van der Waals surface area contributed by atoms with E-state index in [1.54, 1.807) is 0 Å². The predicted molar refractivity (Wildman–Crippen MR) is 62.9 cm³/mol. The lowest BCUT2D eigenvalue weighted by Crippen LogP contribution is -2.28. The third-order valence-corrected chi connectivity index (χ3v) is 2.87. The van der Waals surface area contributed by atoms with Crippen molar-refractivity contribution in [3.8, 4) is 0 Å². The predicted octanol–water partition coefficient (Wildman–Crippen LogP) is 1.05. The SMILES string of the molecule is CN/C(=C/[N+](=O)[O-])N(C=O)Cc1cnc(Cl)s1. The van der Waals surface area contributed by atoms with Crippen LogP contribution in [0.2, 0.25) is 4.47 Å². The average Bonchev–Trinajstić information content (AvgIpc) is 2.68. The molecule has 1 heterocycles. The molecule has 1 aromatic rings. The van der Waals surface area contributed by atoms with Crippen molar-refractivity contribution in [3.05, 3.63) is 37.7 Å². The van der Waals surface area contributed by atoms with Crippen LogP contribution in [0.1, 0.15) is 4.88 Å². The molecule has 1 amide bonds. The number of hydrogen-bond donors (Lipinski definition) is 1. The van der Waals surface area contributed by atoms with Gasteiger partial charge in [-0.2, -0.15) is 0 Å². The molecular formula is C8H9ClN4O3S. The number of nitrogens with zero attached hydrogens (tertiary/aromatic N) is 3. The van der Waals surface area contributed by atoms with Crippen LogP contribution in [0.15, 0.2) is 18.2 Å². The molecule has 7 nitrogen and oxygen atoms in total. The lowest BCUT2D eigenvalue weighted by atomic mass is 10.4. The summed E-state index contributed by atoms with van der Waals surface area (Å²) in [7, 11) is 1.49. The molecule has 0 fully saturated rings. The van der Waals surface area contributed by atoms with E-state index in [9.17, 15) is 14.9 Å². The number of thiazole rings is 1. The summed E-state index contributed by atoms with van der Waals surface area (Å²) >= 11 is 6.85. The Morgan fingerprint density at radius 3 is 2.94 bits per heavy atom. The van der Waals surface area contributed by atoms with Gasteiger partial charge in [-0.05, 0) is 0 Å². The van der Waals surface area contributed by atoms with Crippen LogP contribution in [0.5, 0.6) is 0 Å². The number of carbonyl (C=O) groups excluding carboxylic acids is 1. The second-order valence-electron chi connectivity index (χ2n) is 2.86. The van der Waals surface area contributed by atoms with Crippen LogP contribution in [-0.4, -0.2) is 28.3 Å². The number of hydrogen-bond acceptors (Lipinski definition) is 6. The molecule has 0 saturated heterocycles. The van der Waals surface area contributed by atoms with Gasteiger partial charge in [0.2, 0.25) is 6.41 Å². The first-order valence-electron chi connectivity index (χ1n) is 4.42. The number of amides is 1. The number of carbonyl (C=O) groups is 1. The van der Waals surface area contributed by atoms with Crippen LogP contribution in [0.3, 0.4) is 0 Å². The second-order valence-corrected chi connectivity index (χ2v) is 4.56. The van der Waals surface area contributed by atoms with Crippen LogP contribution in [-0.2, 0) is 11.3 Å². The topological polar surface area (TPSA) is 88.4 Å². The molecule has 1 rings (SSSR count). The van der Waals surface area contributed by atoms with Gasteiger partial charge < -0.3 is 5.32 Å². The molecule has 1 N–H and O–H groups in total. The van der Waals surface area contributed by atoms with E-state index < -0.39 is 4.92 Å². The van der Waals surface area contributed by atoms with Gasteiger partial charge >= 0.3 is 0 Å². The van der Waals surface area contributed by atoms with Crippen molar-refractivity contribution < 1.29 is 9.72 Å². The monoisotopic (exact) mass is 276 g/mol. The van der Waals surface area contributed by atoms with E-state index in [0.29, 0.717) is 10.9 Å². The van der Waals surface area contributed by atoms with Gasteiger partial charge in [-0.15, -0.1) is 11.3 Å². The zero-order valence-corrected chi connectivity index (χ0v) is 10.4. The van der Waals surface area contributed by atoms with Crippen molar-refractivity contribution in [1.82, 2.24) is 15.2 Å². The highest BCUT2D eigenvalue weighted by molar-refractivity contribution is 7.15. The molecule has 0 aliphatic carbocycles. The number of nitrogens with one attached hydrogen (secondary N) is 1. The van der Waals surface area contributed by atoms with Crippen molar-refractivity contribution in [2.45, 2.75) is 6.54 Å². The van der Waals surface area contributed by atoms with E-state index in [0.717, 1.165) is 16.0 Å². The van der Waals surface area contributed by atoms with Gasteiger partial charge in [0.15, 0.2) is 10.3 Å². The maximum atomic E-state index is 10.9. The molecule has 0 aliphatic rings. The van der Waals surface area contributed by atoms with Gasteiger partial charge in [0.05, 0.1) is 11.5 Å². The third-order valence-electron chi connectivity index (χ3n) is 1.77. The number of aromatic nitrogens is 1. The highest BCUT2D eigenvalue weighted by Crippen LogP contribution is 2.19. The zero-order valence-electron chi connectivity index (χ0n) is 8.79. The first-order valence-corrected chi connectivity index (χ1v) is 5.61. The maximum Gasteiger partial charge on any atom is 0.274 e. The summed E-state index contributed by atoms with van der Waals surface area (Å²) in [6, 6.07) is 0. The molecule has 0 unspecified atom stereocenters. The van der Waals surface area contributed by atoms with Crippen molar-refractivity contribution in [3.63, 3.8) is 0 Å². The van der Waals surface area contributed by atoms with Crippen LogP contribution in [0.25, 0.3) is 0 Å². The van der Waals surface area contributed by atoms with Gasteiger partial charge in [-0.25, -0.2) is 4.98 Å². The molecule has 0 radical (unpaired) electrons. The Balaban J connectivity index is 2.83. The maximum absolute atomic E-state index is 10.9. The molecule has 0 saturated carbocycles. The molecule has 0 aliphatic heterocycles. The van der Waals surface area contributed by atoms with E-state index in [1.807, 2.05) is 0 Å². The Bertz CT molecular complexity index is 448. The van der Waals surface area contributed by atoms with Crippen molar-refractivity contribution in [2.75, 3.05) is 7.05 Å². The molecule has 92 valence electrons. The highest BCUT2D eigenvalue weighted by atomic mass is 35.5. The Kier molecular flexibility index (Phi) is 4.85. The minimum Gasteiger partial charge on any atom is -0.369 e. The molecule has 0 bridgehead atoms. The molecule has 9 heteroatoms. The summed E-state index contributed by atoms with van der Waals surface area (Å²) in [5, 5.41) is 12.9. The van der Waals surface area contributed by atoms with E-state index in [2.05, 4.69) is 10.3 Å². The van der Waals surface area contributed by atoms with Crippen molar-refractivity contribution in [1.29, 1.82) is 0 Å². The third kappa shape index (κ3) is 4.00. The largest absolute Gasteiger partial charge is 0.369 e. The fourth-order valence-corrected chi connectivity index (χ4v) is 2.06. The fraction of sp³-hybridized carbons (Fsp3) is 0.250. The van der Waals surface area contributed by atoms with Crippen molar-refractivity contribution in [2.24, 2.45) is 0 Å². The number of rotatable bonds is 6. The summed E-state index contributed by atoms with van der Waals surface area (Å²) in [6.45, 7) is 0.175. The van der Waals surface area contributed by atoms with Crippen LogP contribution in [0.4, 0.5) is 0 Å². The standard InChI is InChI=1S/C8H9ClN4O3S/c1-10-7(4-13(15)16)12(5-14)3-6-2-11-8(9)17-6/h2,4-5,10H,3H2,1H3/b7-4-. The zero-order chi connectivity index (χ0) is 12.8. The van der Waals surface area contributed by atoms with Gasteiger partial charge in [-0.1, -0.05) is 11.6 Å². The van der Waals surface area contributed by atoms with Crippen LogP contribution in [0, 0.1) is 10.1 Å². The molecule has 1 aromatic heterocycles. The van der Waals surface area contributed by atoms with Gasteiger partial charge in [0.1, 0.15) is 0 Å². The molecule has 0 spiro atoms. The van der Waals surface area contributed by atoms with Crippen molar-refractivity contribution >= 4 is 29.3 Å². The Hall–Kier alpha value is -1.67. The molecule has 17 heavy (non-hydrogen) atoms. The Labute approximate surface area is 106 Å². The van der Waals surface area contributed by atoms with Crippen LogP contribution < -0.4 is 5.32 Å². The van der Waals surface area contributed by atoms with E-state index >= 15 is 0 Å². The normalized spacial score (nSPS) is 11.1. The first kappa shape index (κ1) is 13.4. The summed E-state index contributed by atoms with van der Waals surface area (Å²) in [5.41, 5.74) is 0. The molecule has 0 atom stereocenters. The second kappa shape index (κ2) is 6.16. The first-order chi connectivity index (χ1) is 8.06. The Morgan fingerprint density at radius 2 is 2.53 bits per heavy atom. The van der Waals surface area contributed by atoms with E-state index in [4.69, 9.17) is 11.6 Å². The minimum atomic E-state index is -0.637. The average molecular weight is 277 g/mol. The summed E-state index contributed by atoms with van der Waals surface area (Å²) in [5.74, 6) is 0.0922. The molecular weight excluding hydrogens is 268 g/mol. The highest BCUT2D eigenvalue weighted by Gasteiger charge is 2.13. The van der Waals surface area contributed by atoms with Gasteiger partial charge in [0, 0.05) is 18.1 Å². The smallest absolute Gasteiger partial charge is 0.274 e. The van der Waals surface area contributed by atoms with Gasteiger partial charge in [0.25, 0.3) is 6.20 Å². The quantitative estimate of drug-likeness (QED) is 0.477. The molecule has 0 aromatic carbocycles. The summed E-state index contributed by atoms with van der Waals surface area (Å²) in [6.07, 6.45) is 2.74. The van der Waals surface area contributed by atoms with E-state index in [1.165, 1.54) is 24.6 Å². The van der Waals surface area contributed by atoms with E-state index in [-0.39, 0.29) is 12.4 Å². The minimum absolute atomic E-state index is 0.0922. The Morgan fingerprint density at radius 1 is 1.82 bits per heavy atom. The lowest BCUT2D eigenvalue weighted by molar-refractivity contribution is -0.404. The van der Waals surface area contributed by atoms with Crippen LogP contribution >= 0.6 is 22.9 Å². The summed E-state index contributed by atoms with van der Waals surface area (Å²) < 4.78 is 0.357. The number of nitro groups is 1. The summed E-state index contributed by atoms with van der Waals surface area (Å²) in [4.78, 5) is 26.3. The lowest BCUT2D eigenvalue weighted by Gasteiger charge is -2.16. The van der Waals surface area contributed by atoms with Gasteiger partial charge in [-0.3, -0.25) is 19.8 Å². The fourth-order valence-electron chi connectivity index (χ4n) is 1.09.